The molecular formula is C23H21N3O8S. The summed E-state index contributed by atoms with van der Waals surface area (Å²) >= 11 is 1.04. The number of benzene rings is 2. The number of hydrogen-bond donors (Lipinski definition) is 1. The van der Waals surface area contributed by atoms with Crippen LogP contribution in [-0.4, -0.2) is 34.4 Å². The molecule has 2 aromatic carbocycles. The zero-order valence-corrected chi connectivity index (χ0v) is 19.8. The molecule has 11 nitrogen and oxygen atoms in total. The van der Waals surface area contributed by atoms with Gasteiger partial charge in [0.05, 0.1) is 28.6 Å². The number of anilines is 1. The smallest absolute Gasteiger partial charge is 0.342 e. The van der Waals surface area contributed by atoms with E-state index in [1.807, 2.05) is 6.92 Å². The fourth-order valence-corrected chi connectivity index (χ4v) is 4.13. The second-order valence-electron chi connectivity index (χ2n) is 7.43. The molecule has 0 saturated carbocycles. The molecule has 0 radical (unpaired) electrons. The highest BCUT2D eigenvalue weighted by Gasteiger charge is 2.28. The first kappa shape index (κ1) is 25.3. The lowest BCUT2D eigenvalue weighted by atomic mass is 10.0. The van der Waals surface area contributed by atoms with Crippen LogP contribution in [0.5, 0.6) is 5.75 Å². The number of carbonyl (C=O) groups excluding carboxylic acids is 2. The molecule has 0 fully saturated rings. The summed E-state index contributed by atoms with van der Waals surface area (Å²) in [5, 5.41) is 26.7. The summed E-state index contributed by atoms with van der Waals surface area (Å²) in [5.74, 6) is -0.930. The minimum Gasteiger partial charge on any atom is -0.494 e. The van der Waals surface area contributed by atoms with Crippen molar-refractivity contribution in [1.82, 2.24) is 0 Å². The minimum absolute atomic E-state index is 0.0887. The van der Waals surface area contributed by atoms with E-state index in [1.54, 1.807) is 43.5 Å². The molecule has 1 N–H and O–H groups in total. The number of nitro groups is 2. The Hall–Kier alpha value is -4.32. The van der Waals surface area contributed by atoms with Gasteiger partial charge in [0, 0.05) is 17.0 Å². The second kappa shape index (κ2) is 10.7. The van der Waals surface area contributed by atoms with E-state index < -0.39 is 39.2 Å². The molecule has 1 aromatic heterocycles. The van der Waals surface area contributed by atoms with Crippen LogP contribution in [0.25, 0.3) is 11.1 Å². The molecule has 0 aliphatic heterocycles. The van der Waals surface area contributed by atoms with Gasteiger partial charge in [-0.1, -0.05) is 12.1 Å². The third kappa shape index (κ3) is 5.79. The molecule has 0 aliphatic carbocycles. The highest BCUT2D eigenvalue weighted by Crippen LogP contribution is 2.38. The number of nitrogens with one attached hydrogen (secondary N) is 1. The lowest BCUT2D eigenvalue weighted by molar-refractivity contribution is -0.394. The van der Waals surface area contributed by atoms with Crippen molar-refractivity contribution in [2.75, 3.05) is 11.9 Å². The molecule has 182 valence electrons. The topological polar surface area (TPSA) is 151 Å². The van der Waals surface area contributed by atoms with Crippen molar-refractivity contribution in [3.8, 4) is 16.9 Å². The SMILES string of the molecule is CCOc1ccc(-c2csc(NC(=O)c3ccc([N+](=O)[O-])cc3[N+](=O)[O-])c2C(=O)OC(C)C)cc1. The maximum absolute atomic E-state index is 12.9. The van der Waals surface area contributed by atoms with E-state index in [1.165, 1.54) is 0 Å². The first-order valence-corrected chi connectivity index (χ1v) is 11.3. The molecule has 1 heterocycles. The molecule has 0 unspecified atom stereocenters. The van der Waals surface area contributed by atoms with Crippen molar-refractivity contribution in [1.29, 1.82) is 0 Å². The van der Waals surface area contributed by atoms with Crippen LogP contribution < -0.4 is 10.1 Å². The van der Waals surface area contributed by atoms with E-state index in [0.29, 0.717) is 29.5 Å². The molecule has 0 bridgehead atoms. The van der Waals surface area contributed by atoms with Gasteiger partial charge in [-0.25, -0.2) is 4.79 Å². The summed E-state index contributed by atoms with van der Waals surface area (Å²) in [4.78, 5) is 46.6. The van der Waals surface area contributed by atoms with Crippen LogP contribution in [0.3, 0.4) is 0 Å². The maximum atomic E-state index is 12.9. The highest BCUT2D eigenvalue weighted by atomic mass is 32.1. The van der Waals surface area contributed by atoms with E-state index in [4.69, 9.17) is 9.47 Å². The molecule has 0 saturated heterocycles. The lowest BCUT2D eigenvalue weighted by Gasteiger charge is -2.12. The summed E-state index contributed by atoms with van der Waals surface area (Å²) in [6, 6.07) is 9.70. The van der Waals surface area contributed by atoms with Crippen molar-refractivity contribution in [3.63, 3.8) is 0 Å². The maximum Gasteiger partial charge on any atom is 0.342 e. The third-order valence-corrected chi connectivity index (χ3v) is 5.57. The first-order chi connectivity index (χ1) is 16.6. The van der Waals surface area contributed by atoms with Crippen LogP contribution in [0.15, 0.2) is 47.8 Å². The number of non-ortho nitro benzene ring substituents is 1. The molecule has 0 aliphatic rings. The molecule has 1 amide bonds. The predicted octanol–water partition coefficient (Wildman–Crippen LogP) is 5.45. The Kier molecular flexibility index (Phi) is 7.76. The fourth-order valence-electron chi connectivity index (χ4n) is 3.18. The van der Waals surface area contributed by atoms with Gasteiger partial charge in [-0.3, -0.25) is 25.0 Å². The Balaban J connectivity index is 2.02. The van der Waals surface area contributed by atoms with E-state index in [0.717, 1.165) is 23.5 Å². The average Bonchev–Trinajstić information content (AvgIpc) is 3.22. The monoisotopic (exact) mass is 499 g/mol. The number of esters is 1. The number of ether oxygens (including phenoxy) is 2. The Morgan fingerprint density at radius 2 is 1.74 bits per heavy atom. The zero-order chi connectivity index (χ0) is 25.7. The largest absolute Gasteiger partial charge is 0.494 e. The van der Waals surface area contributed by atoms with E-state index in [9.17, 15) is 29.8 Å². The first-order valence-electron chi connectivity index (χ1n) is 10.4. The Bertz CT molecular complexity index is 1280. The van der Waals surface area contributed by atoms with E-state index in [-0.39, 0.29) is 16.1 Å². The molecular weight excluding hydrogens is 478 g/mol. The van der Waals surface area contributed by atoms with Crippen LogP contribution in [0.4, 0.5) is 16.4 Å². The van der Waals surface area contributed by atoms with E-state index >= 15 is 0 Å². The van der Waals surface area contributed by atoms with Gasteiger partial charge in [-0.15, -0.1) is 11.3 Å². The van der Waals surface area contributed by atoms with Gasteiger partial charge in [-0.05, 0) is 44.5 Å². The van der Waals surface area contributed by atoms with Crippen molar-refractivity contribution < 1.29 is 28.9 Å². The third-order valence-electron chi connectivity index (χ3n) is 4.67. The molecule has 3 rings (SSSR count). The minimum atomic E-state index is -0.898. The molecule has 35 heavy (non-hydrogen) atoms. The lowest BCUT2D eigenvalue weighted by Crippen LogP contribution is -2.17. The van der Waals surface area contributed by atoms with Crippen LogP contribution in [0, 0.1) is 20.2 Å². The summed E-state index contributed by atoms with van der Waals surface area (Å²) in [5.41, 5.74) is -0.389. The van der Waals surface area contributed by atoms with Crippen LogP contribution >= 0.6 is 11.3 Å². The summed E-state index contributed by atoms with van der Waals surface area (Å²) in [7, 11) is 0. The number of nitrogens with zero attached hydrogens (tertiary/aromatic N) is 2. The summed E-state index contributed by atoms with van der Waals surface area (Å²) in [6.45, 7) is 5.71. The van der Waals surface area contributed by atoms with Gasteiger partial charge in [0.25, 0.3) is 17.3 Å². The van der Waals surface area contributed by atoms with E-state index in [2.05, 4.69) is 5.32 Å². The molecule has 3 aromatic rings. The quantitative estimate of drug-likeness (QED) is 0.232. The van der Waals surface area contributed by atoms with Crippen molar-refractivity contribution >= 4 is 39.6 Å². The second-order valence-corrected chi connectivity index (χ2v) is 8.31. The number of rotatable bonds is 9. The van der Waals surface area contributed by atoms with Crippen molar-refractivity contribution in [2.45, 2.75) is 26.9 Å². The standard InChI is InChI=1S/C23H21N3O8S/c1-4-33-16-8-5-14(6-9-16)18-12-35-22(20(18)23(28)34-13(2)3)24-21(27)17-10-7-15(25(29)30)11-19(17)26(31)32/h5-13H,4H2,1-3H3,(H,24,27). The Labute approximate surface area is 203 Å². The fraction of sp³-hybridized carbons (Fsp3) is 0.217. The Morgan fingerprint density at radius 1 is 1.06 bits per heavy atom. The number of amides is 1. The van der Waals surface area contributed by atoms with Gasteiger partial charge in [0.1, 0.15) is 21.9 Å². The summed E-state index contributed by atoms with van der Waals surface area (Å²) in [6.07, 6.45) is -0.435. The Morgan fingerprint density at radius 3 is 2.31 bits per heavy atom. The van der Waals surface area contributed by atoms with Gasteiger partial charge >= 0.3 is 5.97 Å². The highest BCUT2D eigenvalue weighted by molar-refractivity contribution is 7.15. The number of carbonyl (C=O) groups is 2. The predicted molar refractivity (Wildman–Crippen MR) is 129 cm³/mol. The zero-order valence-electron chi connectivity index (χ0n) is 19.0. The van der Waals surface area contributed by atoms with Crippen molar-refractivity contribution in [3.05, 3.63) is 79.2 Å². The van der Waals surface area contributed by atoms with Gasteiger partial charge in [0.2, 0.25) is 0 Å². The van der Waals surface area contributed by atoms with Gasteiger partial charge < -0.3 is 14.8 Å². The number of nitro benzene ring substituents is 2. The molecule has 12 heteroatoms. The normalized spacial score (nSPS) is 10.6. The summed E-state index contributed by atoms with van der Waals surface area (Å²) < 4.78 is 10.8. The molecule has 0 atom stereocenters. The van der Waals surface area contributed by atoms with Crippen LogP contribution in [0.1, 0.15) is 41.5 Å². The molecule has 0 spiro atoms. The number of hydrogen-bond acceptors (Lipinski definition) is 9. The van der Waals surface area contributed by atoms with Crippen LogP contribution in [0.2, 0.25) is 0 Å². The van der Waals surface area contributed by atoms with Crippen molar-refractivity contribution in [2.24, 2.45) is 0 Å². The van der Waals surface area contributed by atoms with Gasteiger partial charge in [-0.2, -0.15) is 0 Å². The number of thiophene rings is 1. The average molecular weight is 500 g/mol. The van der Waals surface area contributed by atoms with Crippen LogP contribution in [-0.2, 0) is 4.74 Å². The van der Waals surface area contributed by atoms with Gasteiger partial charge in [0.15, 0.2) is 0 Å².